The molecule has 8 heteroatoms. The van der Waals surface area contributed by atoms with E-state index in [1.807, 2.05) is 6.92 Å². The summed E-state index contributed by atoms with van der Waals surface area (Å²) in [6.45, 7) is 4.09. The first-order valence-electron chi connectivity index (χ1n) is 10.1. The van der Waals surface area contributed by atoms with E-state index in [0.717, 1.165) is 12.8 Å². The number of hydrogen-bond donors (Lipinski definition) is 1. The van der Waals surface area contributed by atoms with Crippen molar-refractivity contribution < 1.29 is 28.7 Å². The molecule has 8 nitrogen and oxygen atoms in total. The molecule has 0 atom stereocenters. The third kappa shape index (κ3) is 5.09. The lowest BCUT2D eigenvalue weighted by Crippen LogP contribution is -2.30. The summed E-state index contributed by atoms with van der Waals surface area (Å²) in [7, 11) is 0. The standard InChI is InChI=1S/C23H24N2O6/c1-3-5-11-25-22(28)18-10-9-15(12-19(18)23(25)29)21(27)24-16-7-6-8-17(13-16)31-14-20(26)30-4-2/h6-10,12-13H,3-5,11,14H2,1-2H3,(H,24,27). The van der Waals surface area contributed by atoms with Crippen LogP contribution in [0.5, 0.6) is 5.75 Å². The Bertz CT molecular complexity index is 1020. The van der Waals surface area contributed by atoms with Crippen LogP contribution in [0.3, 0.4) is 0 Å². The van der Waals surface area contributed by atoms with Crippen molar-refractivity contribution in [2.45, 2.75) is 26.7 Å². The van der Waals surface area contributed by atoms with Crippen LogP contribution in [0.4, 0.5) is 5.69 Å². The number of rotatable bonds is 9. The molecular weight excluding hydrogens is 400 g/mol. The number of anilines is 1. The van der Waals surface area contributed by atoms with E-state index in [-0.39, 0.29) is 36.2 Å². The first kappa shape index (κ1) is 22.0. The smallest absolute Gasteiger partial charge is 0.344 e. The zero-order valence-corrected chi connectivity index (χ0v) is 17.5. The molecule has 162 valence electrons. The number of nitrogens with one attached hydrogen (secondary N) is 1. The monoisotopic (exact) mass is 424 g/mol. The Labute approximate surface area is 180 Å². The minimum Gasteiger partial charge on any atom is -0.482 e. The summed E-state index contributed by atoms with van der Waals surface area (Å²) in [5.41, 5.74) is 1.27. The second kappa shape index (κ2) is 9.88. The van der Waals surface area contributed by atoms with Crippen molar-refractivity contribution in [1.29, 1.82) is 0 Å². The number of benzene rings is 2. The Kier molecular flexibility index (Phi) is 7.02. The second-order valence-electron chi connectivity index (χ2n) is 6.95. The van der Waals surface area contributed by atoms with Crippen molar-refractivity contribution in [3.05, 3.63) is 59.2 Å². The maximum absolute atomic E-state index is 12.7. The predicted molar refractivity (Wildman–Crippen MR) is 113 cm³/mol. The van der Waals surface area contributed by atoms with Crippen molar-refractivity contribution in [3.8, 4) is 5.75 Å². The molecule has 0 saturated heterocycles. The van der Waals surface area contributed by atoms with Crippen LogP contribution in [0.15, 0.2) is 42.5 Å². The molecule has 0 saturated carbocycles. The van der Waals surface area contributed by atoms with Gasteiger partial charge >= 0.3 is 5.97 Å². The third-order valence-electron chi connectivity index (χ3n) is 4.72. The number of hydrogen-bond acceptors (Lipinski definition) is 6. The van der Waals surface area contributed by atoms with Crippen molar-refractivity contribution in [3.63, 3.8) is 0 Å². The molecule has 0 unspecified atom stereocenters. The van der Waals surface area contributed by atoms with Gasteiger partial charge in [-0.2, -0.15) is 0 Å². The van der Waals surface area contributed by atoms with E-state index in [1.54, 1.807) is 31.2 Å². The van der Waals surface area contributed by atoms with Crippen molar-refractivity contribution in [2.75, 3.05) is 25.1 Å². The molecule has 0 aromatic heterocycles. The minimum atomic E-state index is -0.484. The molecule has 31 heavy (non-hydrogen) atoms. The zero-order chi connectivity index (χ0) is 22.4. The van der Waals surface area contributed by atoms with Gasteiger partial charge in [-0.05, 0) is 43.7 Å². The van der Waals surface area contributed by atoms with Gasteiger partial charge < -0.3 is 14.8 Å². The summed E-state index contributed by atoms with van der Waals surface area (Å²) < 4.78 is 10.2. The topological polar surface area (TPSA) is 102 Å². The van der Waals surface area contributed by atoms with Crippen LogP contribution in [0.2, 0.25) is 0 Å². The lowest BCUT2D eigenvalue weighted by molar-refractivity contribution is -0.145. The van der Waals surface area contributed by atoms with Gasteiger partial charge in [-0.3, -0.25) is 19.3 Å². The molecule has 1 aliphatic heterocycles. The van der Waals surface area contributed by atoms with Crippen LogP contribution in [-0.4, -0.2) is 48.3 Å². The Morgan fingerprint density at radius 2 is 1.77 bits per heavy atom. The van der Waals surface area contributed by atoms with Gasteiger partial charge in [0.05, 0.1) is 17.7 Å². The van der Waals surface area contributed by atoms with E-state index in [0.29, 0.717) is 23.5 Å². The number of carbonyl (C=O) groups excluding carboxylic acids is 4. The minimum absolute atomic E-state index is 0.235. The van der Waals surface area contributed by atoms with Crippen molar-refractivity contribution >= 4 is 29.4 Å². The zero-order valence-electron chi connectivity index (χ0n) is 17.5. The first-order valence-corrected chi connectivity index (χ1v) is 10.1. The van der Waals surface area contributed by atoms with Crippen LogP contribution >= 0.6 is 0 Å². The molecule has 2 aromatic rings. The summed E-state index contributed by atoms with van der Waals surface area (Å²) in [5, 5.41) is 2.73. The van der Waals surface area contributed by atoms with Crippen LogP contribution in [0.1, 0.15) is 57.8 Å². The Morgan fingerprint density at radius 1 is 1.00 bits per heavy atom. The molecule has 2 aromatic carbocycles. The summed E-state index contributed by atoms with van der Waals surface area (Å²) in [5.74, 6) is -1.23. The van der Waals surface area contributed by atoms with Crippen LogP contribution in [0.25, 0.3) is 0 Å². The van der Waals surface area contributed by atoms with E-state index in [2.05, 4.69) is 5.32 Å². The van der Waals surface area contributed by atoms with Crippen molar-refractivity contribution in [2.24, 2.45) is 0 Å². The predicted octanol–water partition coefficient (Wildman–Crippen LogP) is 3.28. The van der Waals surface area contributed by atoms with Gasteiger partial charge in [-0.15, -0.1) is 0 Å². The molecule has 0 fully saturated rings. The van der Waals surface area contributed by atoms with Crippen LogP contribution in [-0.2, 0) is 9.53 Å². The quantitative estimate of drug-likeness (QED) is 0.490. The van der Waals surface area contributed by atoms with Gasteiger partial charge in [-0.25, -0.2) is 4.79 Å². The molecule has 1 N–H and O–H groups in total. The maximum Gasteiger partial charge on any atom is 0.344 e. The van der Waals surface area contributed by atoms with Crippen LogP contribution in [0, 0.1) is 0 Å². The van der Waals surface area contributed by atoms with E-state index < -0.39 is 11.9 Å². The largest absolute Gasteiger partial charge is 0.482 e. The lowest BCUT2D eigenvalue weighted by Gasteiger charge is -2.12. The summed E-state index contributed by atoms with van der Waals surface area (Å²) in [6.07, 6.45) is 1.59. The molecule has 0 aliphatic carbocycles. The fourth-order valence-corrected chi connectivity index (χ4v) is 3.16. The molecule has 0 radical (unpaired) electrons. The number of esters is 1. The highest BCUT2D eigenvalue weighted by molar-refractivity contribution is 6.22. The number of carbonyl (C=O) groups is 4. The number of imide groups is 1. The highest BCUT2D eigenvalue weighted by Gasteiger charge is 2.35. The number of nitrogens with zero attached hydrogens (tertiary/aromatic N) is 1. The average Bonchev–Trinajstić information content (AvgIpc) is 3.00. The molecule has 0 bridgehead atoms. The van der Waals surface area contributed by atoms with Gasteiger partial charge in [0.2, 0.25) is 0 Å². The summed E-state index contributed by atoms with van der Waals surface area (Å²) in [4.78, 5) is 50.3. The normalized spacial score (nSPS) is 12.5. The number of ether oxygens (including phenoxy) is 2. The molecule has 1 heterocycles. The van der Waals surface area contributed by atoms with Gasteiger partial charge in [-0.1, -0.05) is 19.4 Å². The molecule has 0 spiro atoms. The first-order chi connectivity index (χ1) is 14.9. The number of amides is 3. The van der Waals surface area contributed by atoms with Gasteiger partial charge in [0.1, 0.15) is 5.75 Å². The van der Waals surface area contributed by atoms with E-state index >= 15 is 0 Å². The fourth-order valence-electron chi connectivity index (χ4n) is 3.16. The van der Waals surface area contributed by atoms with Crippen molar-refractivity contribution in [1.82, 2.24) is 4.90 Å². The van der Waals surface area contributed by atoms with Gasteiger partial charge in [0.25, 0.3) is 17.7 Å². The van der Waals surface area contributed by atoms with E-state index in [1.165, 1.54) is 23.1 Å². The fraction of sp³-hybridized carbons (Fsp3) is 0.304. The number of fused-ring (bicyclic) bond motifs is 1. The Balaban J connectivity index is 1.69. The molecule has 1 aliphatic rings. The van der Waals surface area contributed by atoms with Gasteiger partial charge in [0, 0.05) is 23.9 Å². The molecule has 3 rings (SSSR count). The van der Waals surface area contributed by atoms with Gasteiger partial charge in [0.15, 0.2) is 6.61 Å². The summed E-state index contributed by atoms with van der Waals surface area (Å²) in [6, 6.07) is 11.0. The molecule has 3 amide bonds. The average molecular weight is 424 g/mol. The lowest BCUT2D eigenvalue weighted by atomic mass is 10.1. The third-order valence-corrected chi connectivity index (χ3v) is 4.72. The Morgan fingerprint density at radius 3 is 2.52 bits per heavy atom. The van der Waals surface area contributed by atoms with E-state index in [4.69, 9.17) is 9.47 Å². The number of unbranched alkanes of at least 4 members (excludes halogenated alkanes) is 1. The maximum atomic E-state index is 12.7. The second-order valence-corrected chi connectivity index (χ2v) is 6.95. The van der Waals surface area contributed by atoms with E-state index in [9.17, 15) is 19.2 Å². The van der Waals surface area contributed by atoms with Crippen LogP contribution < -0.4 is 10.1 Å². The molecular formula is C23H24N2O6. The SMILES string of the molecule is CCCCN1C(=O)c2ccc(C(=O)Nc3cccc(OCC(=O)OCC)c3)cc2C1=O. The Hall–Kier alpha value is -3.68. The summed E-state index contributed by atoms with van der Waals surface area (Å²) >= 11 is 0. The highest BCUT2D eigenvalue weighted by Crippen LogP contribution is 2.25. The highest BCUT2D eigenvalue weighted by atomic mass is 16.6.